The molecule has 5 heteroatoms. The zero-order valence-electron chi connectivity index (χ0n) is 10.3. The molecule has 0 atom stereocenters. The molecule has 3 nitrogen and oxygen atoms in total. The first-order valence-corrected chi connectivity index (χ1v) is 6.13. The minimum absolute atomic E-state index is 0.0305. The second-order valence-corrected chi connectivity index (χ2v) is 4.86. The zero-order valence-corrected chi connectivity index (χ0v) is 10.3. The van der Waals surface area contributed by atoms with Crippen LogP contribution in [-0.2, 0) is 13.5 Å². The lowest BCUT2D eigenvalue weighted by molar-refractivity contribution is -0.0385. The monoisotopic (exact) mass is 243 g/mol. The van der Waals surface area contributed by atoms with Crippen LogP contribution in [0.25, 0.3) is 0 Å². The van der Waals surface area contributed by atoms with Crippen LogP contribution in [0.15, 0.2) is 0 Å². The van der Waals surface area contributed by atoms with Gasteiger partial charge in [0.05, 0.1) is 5.69 Å². The molecule has 17 heavy (non-hydrogen) atoms. The quantitative estimate of drug-likeness (QED) is 0.868. The summed E-state index contributed by atoms with van der Waals surface area (Å²) in [5.41, 5.74) is 7.89. The number of rotatable bonds is 2. The highest BCUT2D eigenvalue weighted by molar-refractivity contribution is 5.44. The molecule has 1 saturated carbocycles. The van der Waals surface area contributed by atoms with Crippen molar-refractivity contribution in [3.8, 4) is 0 Å². The maximum absolute atomic E-state index is 13.1. The van der Waals surface area contributed by atoms with Gasteiger partial charge in [-0.15, -0.1) is 0 Å². The molecule has 0 aromatic carbocycles. The summed E-state index contributed by atoms with van der Waals surface area (Å²) in [6.07, 6.45) is 1.77. The largest absolute Gasteiger partial charge is 0.384 e. The molecule has 1 aliphatic rings. The van der Waals surface area contributed by atoms with Crippen molar-refractivity contribution >= 4 is 5.82 Å². The van der Waals surface area contributed by atoms with Crippen LogP contribution < -0.4 is 5.73 Å². The van der Waals surface area contributed by atoms with Gasteiger partial charge in [-0.3, -0.25) is 4.68 Å². The molecule has 1 fully saturated rings. The highest BCUT2D eigenvalue weighted by Crippen LogP contribution is 2.42. The normalized spacial score (nSPS) is 20.7. The first-order valence-electron chi connectivity index (χ1n) is 6.13. The van der Waals surface area contributed by atoms with Crippen LogP contribution in [0.4, 0.5) is 14.6 Å². The molecule has 1 heterocycles. The van der Waals surface area contributed by atoms with Gasteiger partial charge in [-0.1, -0.05) is 6.92 Å². The minimum Gasteiger partial charge on any atom is -0.384 e. The van der Waals surface area contributed by atoms with Gasteiger partial charge in [0.1, 0.15) is 5.82 Å². The number of nitrogens with two attached hydrogens (primary N) is 1. The Morgan fingerprint density at radius 3 is 2.53 bits per heavy atom. The van der Waals surface area contributed by atoms with Crippen molar-refractivity contribution in [3.05, 3.63) is 11.3 Å². The molecule has 0 aliphatic heterocycles. The maximum Gasteiger partial charge on any atom is 0.248 e. The second-order valence-electron chi connectivity index (χ2n) is 4.86. The number of nitrogens with zero attached hydrogens (tertiary/aromatic N) is 2. The Labute approximate surface area is 100.0 Å². The van der Waals surface area contributed by atoms with E-state index in [1.54, 1.807) is 11.7 Å². The van der Waals surface area contributed by atoms with Gasteiger partial charge in [-0.05, 0) is 19.3 Å². The van der Waals surface area contributed by atoms with Crippen LogP contribution in [0.5, 0.6) is 0 Å². The topological polar surface area (TPSA) is 43.8 Å². The molecule has 1 aromatic heterocycles. The van der Waals surface area contributed by atoms with Crippen molar-refractivity contribution in [2.75, 3.05) is 5.73 Å². The lowest BCUT2D eigenvalue weighted by Gasteiger charge is -2.27. The Balaban J connectivity index is 2.21. The van der Waals surface area contributed by atoms with Gasteiger partial charge in [0.2, 0.25) is 5.92 Å². The van der Waals surface area contributed by atoms with E-state index in [-0.39, 0.29) is 18.8 Å². The Bertz CT molecular complexity index is 402. The fourth-order valence-corrected chi connectivity index (χ4v) is 2.61. The molecular weight excluding hydrogens is 224 g/mol. The molecule has 0 spiro atoms. The van der Waals surface area contributed by atoms with Gasteiger partial charge in [0.25, 0.3) is 0 Å². The van der Waals surface area contributed by atoms with Crippen molar-refractivity contribution in [1.82, 2.24) is 9.78 Å². The number of alkyl halides is 2. The molecule has 0 radical (unpaired) electrons. The van der Waals surface area contributed by atoms with E-state index in [9.17, 15) is 8.78 Å². The Morgan fingerprint density at radius 1 is 1.41 bits per heavy atom. The third-order valence-corrected chi connectivity index (χ3v) is 3.68. The summed E-state index contributed by atoms with van der Waals surface area (Å²) >= 11 is 0. The predicted molar refractivity (Wildman–Crippen MR) is 63.2 cm³/mol. The molecule has 96 valence electrons. The molecular formula is C12H19F2N3. The maximum atomic E-state index is 13.1. The molecule has 0 saturated heterocycles. The fraction of sp³-hybridized carbons (Fsp3) is 0.750. The minimum atomic E-state index is -2.48. The molecule has 0 unspecified atom stereocenters. The molecule has 2 rings (SSSR count). The third kappa shape index (κ3) is 2.28. The number of halogens is 2. The molecule has 1 aliphatic carbocycles. The highest BCUT2D eigenvalue weighted by atomic mass is 19.3. The van der Waals surface area contributed by atoms with Gasteiger partial charge in [-0.2, -0.15) is 5.10 Å². The summed E-state index contributed by atoms with van der Waals surface area (Å²) in [4.78, 5) is 0. The van der Waals surface area contributed by atoms with E-state index in [1.165, 1.54) is 0 Å². The van der Waals surface area contributed by atoms with Crippen LogP contribution in [-0.4, -0.2) is 15.7 Å². The van der Waals surface area contributed by atoms with Gasteiger partial charge in [0, 0.05) is 31.4 Å². The van der Waals surface area contributed by atoms with Crippen LogP contribution in [0.3, 0.4) is 0 Å². The van der Waals surface area contributed by atoms with Gasteiger partial charge in [-0.25, -0.2) is 8.78 Å². The number of nitrogen functional groups attached to an aromatic ring is 1. The number of hydrogen-bond acceptors (Lipinski definition) is 2. The first kappa shape index (κ1) is 12.3. The molecule has 1 aromatic rings. The Morgan fingerprint density at radius 2 is 2.00 bits per heavy atom. The van der Waals surface area contributed by atoms with Crippen molar-refractivity contribution < 1.29 is 8.78 Å². The molecule has 2 N–H and O–H groups in total. The average molecular weight is 243 g/mol. The number of aryl methyl sites for hydroxylation is 1. The van der Waals surface area contributed by atoms with Crippen LogP contribution in [0.1, 0.15) is 49.8 Å². The van der Waals surface area contributed by atoms with Crippen molar-refractivity contribution in [2.45, 2.75) is 50.9 Å². The fourth-order valence-electron chi connectivity index (χ4n) is 2.61. The summed E-state index contributed by atoms with van der Waals surface area (Å²) in [7, 11) is 1.80. The smallest absolute Gasteiger partial charge is 0.248 e. The lowest BCUT2D eigenvalue weighted by atomic mass is 9.83. The summed E-state index contributed by atoms with van der Waals surface area (Å²) in [5.74, 6) is -1.67. The van der Waals surface area contributed by atoms with Crippen LogP contribution in [0, 0.1) is 0 Å². The summed E-state index contributed by atoms with van der Waals surface area (Å²) in [6, 6.07) is 0. The average Bonchev–Trinajstić information content (AvgIpc) is 2.55. The zero-order chi connectivity index (χ0) is 12.6. The van der Waals surface area contributed by atoms with E-state index in [0.717, 1.165) is 17.7 Å². The van der Waals surface area contributed by atoms with Crippen molar-refractivity contribution in [3.63, 3.8) is 0 Å². The van der Waals surface area contributed by atoms with Crippen LogP contribution >= 0.6 is 0 Å². The Kier molecular flexibility index (Phi) is 3.10. The summed E-state index contributed by atoms with van der Waals surface area (Å²) < 4.78 is 27.9. The number of aromatic nitrogens is 2. The van der Waals surface area contributed by atoms with Gasteiger partial charge >= 0.3 is 0 Å². The Hall–Kier alpha value is -1.13. The lowest BCUT2D eigenvalue weighted by Crippen LogP contribution is -2.24. The third-order valence-electron chi connectivity index (χ3n) is 3.68. The van der Waals surface area contributed by atoms with E-state index in [0.29, 0.717) is 18.7 Å². The van der Waals surface area contributed by atoms with E-state index in [2.05, 4.69) is 5.10 Å². The number of anilines is 1. The van der Waals surface area contributed by atoms with E-state index >= 15 is 0 Å². The van der Waals surface area contributed by atoms with Gasteiger partial charge < -0.3 is 5.73 Å². The van der Waals surface area contributed by atoms with Crippen molar-refractivity contribution in [2.24, 2.45) is 7.05 Å². The standard InChI is InChI=1S/C12H19F2N3/c1-3-9-10(16-17(2)11(9)15)8-4-6-12(13,14)7-5-8/h8H,3-7,15H2,1-2H3. The van der Waals surface area contributed by atoms with E-state index in [4.69, 9.17) is 5.73 Å². The summed E-state index contributed by atoms with van der Waals surface area (Å²) in [6.45, 7) is 2.02. The van der Waals surface area contributed by atoms with Gasteiger partial charge in [0.15, 0.2) is 0 Å². The van der Waals surface area contributed by atoms with E-state index in [1.807, 2.05) is 6.92 Å². The second kappa shape index (κ2) is 4.27. The first-order chi connectivity index (χ1) is 7.94. The number of hydrogen-bond donors (Lipinski definition) is 1. The van der Waals surface area contributed by atoms with Crippen molar-refractivity contribution in [1.29, 1.82) is 0 Å². The van der Waals surface area contributed by atoms with E-state index < -0.39 is 5.92 Å². The molecule has 0 amide bonds. The summed E-state index contributed by atoms with van der Waals surface area (Å²) in [5, 5.41) is 4.40. The van der Waals surface area contributed by atoms with Crippen LogP contribution in [0.2, 0.25) is 0 Å². The SMILES string of the molecule is CCc1c(C2CCC(F)(F)CC2)nn(C)c1N. The predicted octanol–water partition coefficient (Wildman–Crippen LogP) is 2.86. The highest BCUT2D eigenvalue weighted by Gasteiger charge is 2.37. The molecule has 0 bridgehead atoms.